The van der Waals surface area contributed by atoms with Gasteiger partial charge in [0.15, 0.2) is 0 Å². The first kappa shape index (κ1) is 15.7. The van der Waals surface area contributed by atoms with Gasteiger partial charge < -0.3 is 20.5 Å². The van der Waals surface area contributed by atoms with E-state index in [0.29, 0.717) is 13.2 Å². The molecule has 0 atom stereocenters. The number of nitrogens with zero attached hydrogens (tertiary/aromatic N) is 2. The Labute approximate surface area is 116 Å². The van der Waals surface area contributed by atoms with E-state index in [4.69, 9.17) is 20.8 Å². The summed E-state index contributed by atoms with van der Waals surface area (Å²) in [5, 5.41) is 17.6. The van der Waals surface area contributed by atoms with Gasteiger partial charge in [-0.1, -0.05) is 0 Å². The van der Waals surface area contributed by atoms with Gasteiger partial charge in [-0.15, -0.1) is 0 Å². The molecule has 0 aliphatic heterocycles. The lowest BCUT2D eigenvalue weighted by Gasteiger charge is -2.24. The number of carboxylic acid groups (broad SMARTS) is 1. The molecule has 108 valence electrons. The lowest BCUT2D eigenvalue weighted by molar-refractivity contribution is 0.0698. The summed E-state index contributed by atoms with van der Waals surface area (Å²) in [6.07, 6.45) is 0.190. The fraction of sp³-hybridized carbons (Fsp3) is 0.385. The Balaban J connectivity index is 3.14. The second-order valence-electron chi connectivity index (χ2n) is 4.08. The van der Waals surface area contributed by atoms with Crippen LogP contribution in [0.25, 0.3) is 0 Å². The Morgan fingerprint density at radius 2 is 2.25 bits per heavy atom. The van der Waals surface area contributed by atoms with Gasteiger partial charge in [0, 0.05) is 25.9 Å². The van der Waals surface area contributed by atoms with Crippen molar-refractivity contribution >= 4 is 17.3 Å². The molecule has 0 unspecified atom stereocenters. The van der Waals surface area contributed by atoms with E-state index < -0.39 is 11.8 Å². The third-order valence-electron chi connectivity index (χ3n) is 2.75. The number of nitriles is 1. The summed E-state index contributed by atoms with van der Waals surface area (Å²) in [6, 6.07) is 4.12. The van der Waals surface area contributed by atoms with Crippen molar-refractivity contribution in [3.63, 3.8) is 0 Å². The molecule has 0 aromatic heterocycles. The number of carboxylic acids is 1. The minimum Gasteiger partial charge on any atom is -0.478 e. The molecular formula is C13H16FN3O3. The standard InChI is InChI=1S/C13H16FN3O3/c1-20-6-5-17(4-2-3-15)12-7-9(13(18)19)11(16)8-10(12)14/h7-8H,2,4-6,16H2,1H3,(H,18,19). The van der Waals surface area contributed by atoms with E-state index in [9.17, 15) is 9.18 Å². The minimum atomic E-state index is -1.23. The molecule has 20 heavy (non-hydrogen) atoms. The number of benzene rings is 1. The summed E-state index contributed by atoms with van der Waals surface area (Å²) in [5.74, 6) is -1.85. The van der Waals surface area contributed by atoms with Crippen molar-refractivity contribution in [1.82, 2.24) is 0 Å². The first-order chi connectivity index (χ1) is 9.51. The maximum absolute atomic E-state index is 14.0. The second-order valence-corrected chi connectivity index (χ2v) is 4.08. The number of hydrogen-bond acceptors (Lipinski definition) is 5. The van der Waals surface area contributed by atoms with Crippen LogP contribution in [0.15, 0.2) is 12.1 Å². The highest BCUT2D eigenvalue weighted by atomic mass is 19.1. The highest BCUT2D eigenvalue weighted by Gasteiger charge is 2.17. The Morgan fingerprint density at radius 3 is 2.80 bits per heavy atom. The summed E-state index contributed by atoms with van der Waals surface area (Å²) < 4.78 is 18.9. The summed E-state index contributed by atoms with van der Waals surface area (Å²) in [7, 11) is 1.50. The zero-order valence-electron chi connectivity index (χ0n) is 11.1. The van der Waals surface area contributed by atoms with E-state index in [1.54, 1.807) is 4.90 Å². The number of anilines is 2. The maximum atomic E-state index is 14.0. The molecule has 0 aliphatic carbocycles. The molecule has 0 amide bonds. The number of hydrogen-bond donors (Lipinski definition) is 2. The van der Waals surface area contributed by atoms with Crippen molar-refractivity contribution in [3.05, 3.63) is 23.5 Å². The number of rotatable bonds is 7. The SMILES string of the molecule is COCCN(CCC#N)c1cc(C(=O)O)c(N)cc1F. The summed E-state index contributed by atoms with van der Waals surface area (Å²) in [6.45, 7) is 0.954. The number of ether oxygens (including phenoxy) is 1. The molecule has 1 aromatic carbocycles. The third kappa shape index (κ3) is 3.83. The second kappa shape index (κ2) is 7.31. The normalized spacial score (nSPS) is 10.1. The molecule has 3 N–H and O–H groups in total. The molecule has 0 saturated carbocycles. The fourth-order valence-electron chi connectivity index (χ4n) is 1.74. The molecule has 1 rings (SSSR count). The van der Waals surface area contributed by atoms with Crippen LogP contribution in [-0.2, 0) is 4.74 Å². The van der Waals surface area contributed by atoms with E-state index in [1.807, 2.05) is 6.07 Å². The average Bonchev–Trinajstić information content (AvgIpc) is 2.39. The van der Waals surface area contributed by atoms with Crippen LogP contribution in [0.3, 0.4) is 0 Å². The van der Waals surface area contributed by atoms with Crippen molar-refractivity contribution in [3.8, 4) is 6.07 Å². The summed E-state index contributed by atoms with van der Waals surface area (Å²) >= 11 is 0. The molecule has 1 aromatic rings. The lowest BCUT2D eigenvalue weighted by atomic mass is 10.1. The average molecular weight is 281 g/mol. The number of carbonyl (C=O) groups is 1. The van der Waals surface area contributed by atoms with Crippen molar-refractivity contribution in [2.45, 2.75) is 6.42 Å². The maximum Gasteiger partial charge on any atom is 0.337 e. The van der Waals surface area contributed by atoms with E-state index >= 15 is 0 Å². The van der Waals surface area contributed by atoms with Gasteiger partial charge in [-0.2, -0.15) is 5.26 Å². The van der Waals surface area contributed by atoms with Gasteiger partial charge in [0.05, 0.1) is 30.3 Å². The number of nitrogens with two attached hydrogens (primary N) is 1. The van der Waals surface area contributed by atoms with Crippen LogP contribution in [-0.4, -0.2) is 37.9 Å². The van der Waals surface area contributed by atoms with Gasteiger partial charge in [0.1, 0.15) is 5.82 Å². The van der Waals surface area contributed by atoms with E-state index in [2.05, 4.69) is 0 Å². The first-order valence-corrected chi connectivity index (χ1v) is 5.94. The quantitative estimate of drug-likeness (QED) is 0.734. The monoisotopic (exact) mass is 281 g/mol. The summed E-state index contributed by atoms with van der Waals surface area (Å²) in [4.78, 5) is 12.6. The van der Waals surface area contributed by atoms with Crippen molar-refractivity contribution < 1.29 is 19.0 Å². The smallest absolute Gasteiger partial charge is 0.337 e. The topological polar surface area (TPSA) is 99.6 Å². The van der Waals surface area contributed by atoms with Gasteiger partial charge >= 0.3 is 5.97 Å². The Kier molecular flexibility index (Phi) is 5.74. The minimum absolute atomic E-state index is 0.101. The molecule has 0 radical (unpaired) electrons. The highest BCUT2D eigenvalue weighted by Crippen LogP contribution is 2.25. The Bertz CT molecular complexity index is 528. The number of nitrogen functional groups attached to an aromatic ring is 1. The van der Waals surface area contributed by atoms with Gasteiger partial charge in [-0.05, 0) is 12.1 Å². The zero-order chi connectivity index (χ0) is 15.1. The van der Waals surface area contributed by atoms with Gasteiger partial charge in [-0.25, -0.2) is 9.18 Å². The molecule has 0 aliphatic rings. The molecule has 0 spiro atoms. The van der Waals surface area contributed by atoms with Crippen molar-refractivity contribution in [2.75, 3.05) is 37.4 Å². The number of methoxy groups -OCH3 is 1. The predicted octanol–water partition coefficient (Wildman–Crippen LogP) is 1.47. The molecule has 7 heteroatoms. The van der Waals surface area contributed by atoms with Crippen LogP contribution >= 0.6 is 0 Å². The largest absolute Gasteiger partial charge is 0.478 e. The lowest BCUT2D eigenvalue weighted by Crippen LogP contribution is -2.29. The number of halogens is 1. The zero-order valence-corrected chi connectivity index (χ0v) is 11.1. The van der Waals surface area contributed by atoms with Crippen LogP contribution in [0.1, 0.15) is 16.8 Å². The van der Waals surface area contributed by atoms with Crippen molar-refractivity contribution in [1.29, 1.82) is 5.26 Å². The molecule has 0 bridgehead atoms. The molecule has 0 saturated heterocycles. The van der Waals surface area contributed by atoms with E-state index in [0.717, 1.165) is 6.07 Å². The third-order valence-corrected chi connectivity index (χ3v) is 2.75. The predicted molar refractivity (Wildman–Crippen MR) is 72.1 cm³/mol. The van der Waals surface area contributed by atoms with Crippen LogP contribution in [0.2, 0.25) is 0 Å². The number of aromatic carboxylic acids is 1. The van der Waals surface area contributed by atoms with Gasteiger partial charge in [0.2, 0.25) is 0 Å². The van der Waals surface area contributed by atoms with E-state index in [1.165, 1.54) is 13.2 Å². The van der Waals surface area contributed by atoms with Crippen LogP contribution in [0.4, 0.5) is 15.8 Å². The van der Waals surface area contributed by atoms with Gasteiger partial charge in [0.25, 0.3) is 0 Å². The fourth-order valence-corrected chi connectivity index (χ4v) is 1.74. The molecule has 0 heterocycles. The molecular weight excluding hydrogens is 265 g/mol. The molecule has 6 nitrogen and oxygen atoms in total. The first-order valence-electron chi connectivity index (χ1n) is 5.94. The van der Waals surface area contributed by atoms with Crippen LogP contribution in [0, 0.1) is 17.1 Å². The Morgan fingerprint density at radius 1 is 1.55 bits per heavy atom. The van der Waals surface area contributed by atoms with Crippen molar-refractivity contribution in [2.24, 2.45) is 0 Å². The van der Waals surface area contributed by atoms with E-state index in [-0.39, 0.29) is 29.9 Å². The molecule has 0 fully saturated rings. The van der Waals surface area contributed by atoms with Gasteiger partial charge in [-0.3, -0.25) is 0 Å². The van der Waals surface area contributed by atoms with Crippen LogP contribution < -0.4 is 10.6 Å². The summed E-state index contributed by atoms with van der Waals surface area (Å²) in [5.41, 5.74) is 5.28. The van der Waals surface area contributed by atoms with Crippen LogP contribution in [0.5, 0.6) is 0 Å². The highest BCUT2D eigenvalue weighted by molar-refractivity contribution is 5.95. The Hall–Kier alpha value is -2.33.